The Balaban J connectivity index is 2.30. The molecule has 1 atom stereocenters. The van der Waals surface area contributed by atoms with Crippen LogP contribution < -0.4 is 0 Å². The minimum atomic E-state index is -1.78. The van der Waals surface area contributed by atoms with Gasteiger partial charge in [0, 0.05) is 5.92 Å². The Morgan fingerprint density at radius 3 is 2.46 bits per heavy atom. The van der Waals surface area contributed by atoms with E-state index in [9.17, 15) is 9.00 Å². The van der Waals surface area contributed by atoms with Crippen LogP contribution in [0.1, 0.15) is 12.8 Å². The van der Waals surface area contributed by atoms with Gasteiger partial charge >= 0.3 is 0 Å². The van der Waals surface area contributed by atoms with Crippen molar-refractivity contribution in [3.05, 3.63) is 0 Å². The average Bonchev–Trinajstić information content (AvgIpc) is 2.04. The summed E-state index contributed by atoms with van der Waals surface area (Å²) in [6.07, 6.45) is 1.39. The van der Waals surface area contributed by atoms with Crippen LogP contribution in [0.4, 0.5) is 0 Å². The summed E-state index contributed by atoms with van der Waals surface area (Å²) in [6, 6.07) is 0. The molecule has 0 spiro atoms. The molecule has 13 heavy (non-hydrogen) atoms. The molecule has 1 unspecified atom stereocenters. The first-order valence-electron chi connectivity index (χ1n) is 4.08. The van der Waals surface area contributed by atoms with Crippen molar-refractivity contribution < 1.29 is 13.6 Å². The summed E-state index contributed by atoms with van der Waals surface area (Å²) in [4.78, 5) is 12.6. The molecular formula is C7H12ClNO3S. The molecule has 0 aromatic rings. The maximum Gasteiger partial charge on any atom is 0.224 e. The van der Waals surface area contributed by atoms with Crippen LogP contribution in [0.2, 0.25) is 0 Å². The first-order chi connectivity index (χ1) is 6.09. The molecule has 0 bridgehead atoms. The van der Waals surface area contributed by atoms with E-state index >= 15 is 0 Å². The van der Waals surface area contributed by atoms with Crippen LogP contribution >= 0.6 is 11.6 Å². The van der Waals surface area contributed by atoms with Crippen LogP contribution in [0.3, 0.4) is 0 Å². The molecule has 0 radical (unpaired) electrons. The van der Waals surface area contributed by atoms with E-state index in [0.717, 1.165) is 0 Å². The normalized spacial score (nSPS) is 22.9. The Morgan fingerprint density at radius 2 is 2.08 bits per heavy atom. The molecule has 0 aromatic carbocycles. The Labute approximate surface area is 84.5 Å². The molecule has 1 saturated heterocycles. The molecule has 0 aliphatic carbocycles. The lowest BCUT2D eigenvalue weighted by atomic mass is 9.99. The number of nitrogens with zero attached hydrogens (tertiary/aromatic N) is 1. The van der Waals surface area contributed by atoms with Crippen LogP contribution in [0, 0.1) is 5.92 Å². The molecule has 1 fully saturated rings. The van der Waals surface area contributed by atoms with Gasteiger partial charge in [-0.1, -0.05) is 0 Å². The maximum atomic E-state index is 10.8. The Kier molecular flexibility index (Phi) is 4.31. The van der Waals surface area contributed by atoms with Crippen molar-refractivity contribution in [2.45, 2.75) is 12.8 Å². The molecule has 0 saturated carbocycles. The van der Waals surface area contributed by atoms with Crippen molar-refractivity contribution in [2.75, 3.05) is 19.0 Å². The largest absolute Gasteiger partial charge is 0.305 e. The molecule has 1 N–H and O–H groups in total. The fourth-order valence-corrected chi connectivity index (χ4v) is 2.23. The summed E-state index contributed by atoms with van der Waals surface area (Å²) >= 11 is 3.57. The zero-order chi connectivity index (χ0) is 9.84. The SMILES string of the molecule is O=C(Cl)C1CCN(CS(=O)O)CC1. The zero-order valence-electron chi connectivity index (χ0n) is 7.11. The molecule has 0 aromatic heterocycles. The predicted molar refractivity (Wildman–Crippen MR) is 50.8 cm³/mol. The number of halogens is 1. The van der Waals surface area contributed by atoms with Gasteiger partial charge in [0.05, 0.1) is 0 Å². The number of rotatable bonds is 3. The minimum Gasteiger partial charge on any atom is -0.305 e. The van der Waals surface area contributed by atoms with Gasteiger partial charge in [-0.05, 0) is 37.5 Å². The molecule has 0 amide bonds. The van der Waals surface area contributed by atoms with E-state index in [-0.39, 0.29) is 17.0 Å². The first-order valence-corrected chi connectivity index (χ1v) is 5.74. The van der Waals surface area contributed by atoms with Gasteiger partial charge in [-0.15, -0.1) is 0 Å². The Bertz CT molecular complexity index is 216. The highest BCUT2D eigenvalue weighted by Crippen LogP contribution is 2.19. The summed E-state index contributed by atoms with van der Waals surface area (Å²) in [5, 5.41) is -0.287. The van der Waals surface area contributed by atoms with Crippen molar-refractivity contribution in [1.29, 1.82) is 0 Å². The standard InChI is InChI=1S/C7H12ClNO3S/c8-7(10)6-1-3-9(4-2-6)5-13(11)12/h6H,1-5H2,(H,11,12). The average molecular weight is 226 g/mol. The molecule has 1 aliphatic rings. The lowest BCUT2D eigenvalue weighted by Crippen LogP contribution is -2.37. The molecule has 1 aliphatic heterocycles. The zero-order valence-corrected chi connectivity index (χ0v) is 8.68. The molecule has 6 heteroatoms. The highest BCUT2D eigenvalue weighted by atomic mass is 35.5. The van der Waals surface area contributed by atoms with Gasteiger partial charge in [-0.3, -0.25) is 9.69 Å². The second kappa shape index (κ2) is 5.05. The number of carbonyl (C=O) groups excluding carboxylic acids is 1. The summed E-state index contributed by atoms with van der Waals surface area (Å²) < 4.78 is 19.1. The summed E-state index contributed by atoms with van der Waals surface area (Å²) in [5.74, 6) is 0.105. The molecule has 1 heterocycles. The highest BCUT2D eigenvalue weighted by molar-refractivity contribution is 7.79. The minimum absolute atomic E-state index is 0.0648. The van der Waals surface area contributed by atoms with Crippen LogP contribution in [-0.2, 0) is 15.9 Å². The lowest BCUT2D eigenvalue weighted by Gasteiger charge is -2.28. The van der Waals surface area contributed by atoms with E-state index in [2.05, 4.69) is 0 Å². The topological polar surface area (TPSA) is 57.6 Å². The third kappa shape index (κ3) is 3.72. The second-order valence-corrected chi connectivity index (χ2v) is 4.42. The van der Waals surface area contributed by atoms with E-state index < -0.39 is 11.1 Å². The molecular weight excluding hydrogens is 214 g/mol. The lowest BCUT2D eigenvalue weighted by molar-refractivity contribution is -0.116. The van der Waals surface area contributed by atoms with Crippen molar-refractivity contribution in [2.24, 2.45) is 5.92 Å². The van der Waals surface area contributed by atoms with Crippen LogP contribution in [-0.4, -0.2) is 37.9 Å². The van der Waals surface area contributed by atoms with Gasteiger partial charge in [0.15, 0.2) is 11.1 Å². The predicted octanol–water partition coefficient (Wildman–Crippen LogP) is 0.643. The number of carbonyl (C=O) groups is 1. The molecule has 76 valence electrons. The van der Waals surface area contributed by atoms with E-state index in [0.29, 0.717) is 25.9 Å². The second-order valence-electron chi connectivity index (χ2n) is 3.15. The fourth-order valence-electron chi connectivity index (χ4n) is 1.45. The Hall–Kier alpha value is 0.0300. The van der Waals surface area contributed by atoms with E-state index in [1.165, 1.54) is 0 Å². The fraction of sp³-hybridized carbons (Fsp3) is 0.857. The van der Waals surface area contributed by atoms with Crippen LogP contribution in [0.15, 0.2) is 0 Å². The van der Waals surface area contributed by atoms with Crippen molar-refractivity contribution >= 4 is 27.9 Å². The van der Waals surface area contributed by atoms with Gasteiger partial charge in [-0.2, -0.15) is 0 Å². The third-order valence-electron chi connectivity index (χ3n) is 2.20. The van der Waals surface area contributed by atoms with Gasteiger partial charge in [0.25, 0.3) is 0 Å². The van der Waals surface area contributed by atoms with E-state index in [1.807, 2.05) is 4.90 Å². The van der Waals surface area contributed by atoms with E-state index in [1.54, 1.807) is 0 Å². The monoisotopic (exact) mass is 225 g/mol. The van der Waals surface area contributed by atoms with Crippen LogP contribution in [0.25, 0.3) is 0 Å². The summed E-state index contributed by atoms with van der Waals surface area (Å²) in [5.41, 5.74) is 0. The number of hydrogen-bond acceptors (Lipinski definition) is 3. The van der Waals surface area contributed by atoms with Gasteiger partial charge in [0.1, 0.15) is 5.88 Å². The van der Waals surface area contributed by atoms with Gasteiger partial charge < -0.3 is 4.55 Å². The number of likely N-dealkylation sites (tertiary alicyclic amines) is 1. The Morgan fingerprint density at radius 1 is 1.54 bits per heavy atom. The van der Waals surface area contributed by atoms with Crippen molar-refractivity contribution in [3.63, 3.8) is 0 Å². The van der Waals surface area contributed by atoms with Crippen molar-refractivity contribution in [3.8, 4) is 0 Å². The molecule has 4 nitrogen and oxygen atoms in total. The number of piperidine rings is 1. The summed E-state index contributed by atoms with van der Waals surface area (Å²) in [7, 11) is 0. The van der Waals surface area contributed by atoms with Crippen LogP contribution in [0.5, 0.6) is 0 Å². The third-order valence-corrected chi connectivity index (χ3v) is 3.10. The van der Waals surface area contributed by atoms with Gasteiger partial charge in [0.2, 0.25) is 5.24 Å². The quantitative estimate of drug-likeness (QED) is 0.566. The maximum absolute atomic E-state index is 10.8. The highest BCUT2D eigenvalue weighted by Gasteiger charge is 2.23. The van der Waals surface area contributed by atoms with Crippen molar-refractivity contribution in [1.82, 2.24) is 4.90 Å². The summed E-state index contributed by atoms with van der Waals surface area (Å²) in [6.45, 7) is 1.35. The smallest absolute Gasteiger partial charge is 0.224 e. The van der Waals surface area contributed by atoms with E-state index in [4.69, 9.17) is 16.2 Å². The number of hydrogen-bond donors (Lipinski definition) is 1. The molecule has 1 rings (SSSR count). The van der Waals surface area contributed by atoms with Gasteiger partial charge in [-0.25, -0.2) is 4.21 Å². The first kappa shape index (κ1) is 11.1.